The Balaban J connectivity index is 2.47. The second-order valence-electron chi connectivity index (χ2n) is 4.63. The standard InChI is InChI=1S/C14H17F3O3/c15-14(16,17)11-6-4-5-10(9-11)12(18)7-2-1-3-8-13(19)20/h4-6,9,12,18H,1-3,7-8H2,(H,19,20). The summed E-state index contributed by atoms with van der Waals surface area (Å²) in [7, 11) is 0. The lowest BCUT2D eigenvalue weighted by Crippen LogP contribution is -2.07. The van der Waals surface area contributed by atoms with Gasteiger partial charge in [-0.05, 0) is 30.5 Å². The lowest BCUT2D eigenvalue weighted by atomic mass is 10.0. The van der Waals surface area contributed by atoms with Gasteiger partial charge in [-0.2, -0.15) is 13.2 Å². The highest BCUT2D eigenvalue weighted by Gasteiger charge is 2.30. The third-order valence-electron chi connectivity index (χ3n) is 2.97. The zero-order chi connectivity index (χ0) is 15.2. The first-order chi connectivity index (χ1) is 9.30. The minimum Gasteiger partial charge on any atom is -0.481 e. The Hall–Kier alpha value is -1.56. The van der Waals surface area contributed by atoms with Gasteiger partial charge in [0, 0.05) is 6.42 Å². The van der Waals surface area contributed by atoms with E-state index < -0.39 is 23.8 Å². The van der Waals surface area contributed by atoms with Gasteiger partial charge in [-0.15, -0.1) is 0 Å². The van der Waals surface area contributed by atoms with Crippen molar-refractivity contribution in [2.45, 2.75) is 44.4 Å². The minimum absolute atomic E-state index is 0.0691. The number of aliphatic carboxylic acids is 1. The number of unbranched alkanes of at least 4 members (excludes halogenated alkanes) is 2. The fraction of sp³-hybridized carbons (Fsp3) is 0.500. The molecular formula is C14H17F3O3. The number of aliphatic hydroxyl groups excluding tert-OH is 1. The van der Waals surface area contributed by atoms with Gasteiger partial charge in [0.2, 0.25) is 0 Å². The van der Waals surface area contributed by atoms with Crippen LogP contribution < -0.4 is 0 Å². The van der Waals surface area contributed by atoms with Crippen LogP contribution in [0.1, 0.15) is 49.3 Å². The van der Waals surface area contributed by atoms with Crippen LogP contribution in [0.15, 0.2) is 24.3 Å². The van der Waals surface area contributed by atoms with Crippen LogP contribution in [0.2, 0.25) is 0 Å². The molecule has 1 atom stereocenters. The number of carboxylic acid groups (broad SMARTS) is 1. The van der Waals surface area contributed by atoms with E-state index in [1.165, 1.54) is 12.1 Å². The predicted molar refractivity (Wildman–Crippen MR) is 67.1 cm³/mol. The summed E-state index contributed by atoms with van der Waals surface area (Å²) >= 11 is 0. The molecule has 3 nitrogen and oxygen atoms in total. The Morgan fingerprint density at radius 3 is 2.50 bits per heavy atom. The van der Waals surface area contributed by atoms with Gasteiger partial charge in [-0.3, -0.25) is 4.79 Å². The number of hydrogen-bond acceptors (Lipinski definition) is 2. The summed E-state index contributed by atoms with van der Waals surface area (Å²) in [4.78, 5) is 10.3. The molecule has 0 heterocycles. The molecule has 0 spiro atoms. The highest BCUT2D eigenvalue weighted by atomic mass is 19.4. The second kappa shape index (κ2) is 7.28. The van der Waals surface area contributed by atoms with Gasteiger partial charge in [0.05, 0.1) is 11.7 Å². The van der Waals surface area contributed by atoms with E-state index >= 15 is 0 Å². The summed E-state index contributed by atoms with van der Waals surface area (Å²) in [6.45, 7) is 0. The van der Waals surface area contributed by atoms with E-state index in [0.29, 0.717) is 25.7 Å². The van der Waals surface area contributed by atoms with E-state index in [2.05, 4.69) is 0 Å². The number of carboxylic acids is 1. The van der Waals surface area contributed by atoms with E-state index in [1.54, 1.807) is 0 Å². The molecule has 0 radical (unpaired) electrons. The summed E-state index contributed by atoms with van der Waals surface area (Å²) in [5.74, 6) is -0.872. The SMILES string of the molecule is O=C(O)CCCCCC(O)c1cccc(C(F)(F)F)c1. The summed E-state index contributed by atoms with van der Waals surface area (Å²) in [5.41, 5.74) is -0.544. The number of aliphatic hydroxyl groups is 1. The average Bonchev–Trinajstić information content (AvgIpc) is 2.37. The molecule has 2 N–H and O–H groups in total. The van der Waals surface area contributed by atoms with Crippen molar-refractivity contribution in [1.82, 2.24) is 0 Å². The Morgan fingerprint density at radius 1 is 1.20 bits per heavy atom. The smallest absolute Gasteiger partial charge is 0.416 e. The Bertz CT molecular complexity index is 444. The van der Waals surface area contributed by atoms with E-state index in [1.807, 2.05) is 0 Å². The zero-order valence-corrected chi connectivity index (χ0v) is 10.9. The molecule has 20 heavy (non-hydrogen) atoms. The monoisotopic (exact) mass is 290 g/mol. The maximum absolute atomic E-state index is 12.5. The molecule has 0 aliphatic rings. The van der Waals surface area contributed by atoms with Gasteiger partial charge in [-0.1, -0.05) is 25.0 Å². The molecule has 1 unspecified atom stereocenters. The van der Waals surface area contributed by atoms with Crippen molar-refractivity contribution < 1.29 is 28.2 Å². The van der Waals surface area contributed by atoms with Crippen LogP contribution in [0.4, 0.5) is 13.2 Å². The molecule has 0 amide bonds. The molecule has 0 saturated carbocycles. The van der Waals surface area contributed by atoms with Gasteiger partial charge in [0.1, 0.15) is 0 Å². The van der Waals surface area contributed by atoms with Crippen molar-refractivity contribution in [2.75, 3.05) is 0 Å². The highest BCUT2D eigenvalue weighted by molar-refractivity contribution is 5.66. The van der Waals surface area contributed by atoms with Crippen molar-refractivity contribution in [3.63, 3.8) is 0 Å². The first-order valence-electron chi connectivity index (χ1n) is 6.37. The minimum atomic E-state index is -4.42. The van der Waals surface area contributed by atoms with Crippen LogP contribution in [0.25, 0.3) is 0 Å². The molecule has 0 aliphatic heterocycles. The van der Waals surface area contributed by atoms with Crippen molar-refractivity contribution >= 4 is 5.97 Å². The van der Waals surface area contributed by atoms with Gasteiger partial charge < -0.3 is 10.2 Å². The molecule has 112 valence electrons. The van der Waals surface area contributed by atoms with E-state index in [0.717, 1.165) is 12.1 Å². The highest BCUT2D eigenvalue weighted by Crippen LogP contribution is 2.31. The Kier molecular flexibility index (Phi) is 6.01. The van der Waals surface area contributed by atoms with Gasteiger partial charge in [-0.25, -0.2) is 0 Å². The molecule has 6 heteroatoms. The van der Waals surface area contributed by atoms with Crippen molar-refractivity contribution in [1.29, 1.82) is 0 Å². The summed E-state index contributed by atoms with van der Waals surface area (Å²) in [6, 6.07) is 4.63. The molecular weight excluding hydrogens is 273 g/mol. The molecule has 1 aromatic carbocycles. The molecule has 0 saturated heterocycles. The number of halogens is 3. The normalized spacial score (nSPS) is 13.2. The van der Waals surface area contributed by atoms with Gasteiger partial charge in [0.25, 0.3) is 0 Å². The second-order valence-corrected chi connectivity index (χ2v) is 4.63. The molecule has 0 aromatic heterocycles. The summed E-state index contributed by atoms with van der Waals surface area (Å²) < 4.78 is 37.6. The Labute approximate surface area is 115 Å². The molecule has 1 rings (SSSR count). The van der Waals surface area contributed by atoms with Crippen molar-refractivity contribution in [3.05, 3.63) is 35.4 Å². The number of hydrogen-bond donors (Lipinski definition) is 2. The quantitative estimate of drug-likeness (QED) is 0.751. The van der Waals surface area contributed by atoms with Crippen molar-refractivity contribution in [2.24, 2.45) is 0 Å². The summed E-state index contributed by atoms with van der Waals surface area (Å²) in [6.07, 6.45) is -3.28. The third-order valence-corrected chi connectivity index (χ3v) is 2.97. The van der Waals surface area contributed by atoms with Gasteiger partial charge >= 0.3 is 12.1 Å². The molecule has 1 aromatic rings. The maximum Gasteiger partial charge on any atom is 0.416 e. The average molecular weight is 290 g/mol. The number of carbonyl (C=O) groups is 1. The fourth-order valence-corrected chi connectivity index (χ4v) is 1.88. The van der Waals surface area contributed by atoms with Crippen molar-refractivity contribution in [3.8, 4) is 0 Å². The van der Waals surface area contributed by atoms with Crippen LogP contribution >= 0.6 is 0 Å². The van der Waals surface area contributed by atoms with Crippen LogP contribution in [-0.2, 0) is 11.0 Å². The largest absolute Gasteiger partial charge is 0.481 e. The first kappa shape index (κ1) is 16.5. The van der Waals surface area contributed by atoms with Gasteiger partial charge in [0.15, 0.2) is 0 Å². The zero-order valence-electron chi connectivity index (χ0n) is 10.9. The lowest BCUT2D eigenvalue weighted by Gasteiger charge is -2.13. The molecule has 0 fully saturated rings. The van der Waals surface area contributed by atoms with Crippen LogP contribution in [0, 0.1) is 0 Å². The molecule has 0 bridgehead atoms. The van der Waals surface area contributed by atoms with Crippen LogP contribution in [0.5, 0.6) is 0 Å². The number of benzene rings is 1. The van der Waals surface area contributed by atoms with E-state index in [9.17, 15) is 23.1 Å². The van der Waals surface area contributed by atoms with Crippen LogP contribution in [-0.4, -0.2) is 16.2 Å². The lowest BCUT2D eigenvalue weighted by molar-refractivity contribution is -0.138. The number of alkyl halides is 3. The maximum atomic E-state index is 12.5. The fourth-order valence-electron chi connectivity index (χ4n) is 1.88. The van der Waals surface area contributed by atoms with Crippen LogP contribution in [0.3, 0.4) is 0 Å². The molecule has 0 aliphatic carbocycles. The first-order valence-corrected chi connectivity index (χ1v) is 6.37. The topological polar surface area (TPSA) is 57.5 Å². The Morgan fingerprint density at radius 2 is 1.90 bits per heavy atom. The van der Waals surface area contributed by atoms with E-state index in [-0.39, 0.29) is 12.0 Å². The predicted octanol–water partition coefficient (Wildman–Crippen LogP) is 3.77. The number of rotatable bonds is 7. The third kappa shape index (κ3) is 5.61. The summed E-state index contributed by atoms with van der Waals surface area (Å²) in [5, 5.41) is 18.3. The van der Waals surface area contributed by atoms with E-state index in [4.69, 9.17) is 5.11 Å².